The summed E-state index contributed by atoms with van der Waals surface area (Å²) in [6, 6.07) is 11.7. The molecule has 0 amide bonds. The molecule has 4 heterocycles. The summed E-state index contributed by atoms with van der Waals surface area (Å²) in [5, 5.41) is 14.2. The monoisotopic (exact) mass is 431 g/mol. The van der Waals surface area contributed by atoms with E-state index in [0.717, 1.165) is 29.9 Å². The summed E-state index contributed by atoms with van der Waals surface area (Å²) in [7, 11) is 0. The third-order valence-corrected chi connectivity index (χ3v) is 5.97. The summed E-state index contributed by atoms with van der Waals surface area (Å²) in [4.78, 5) is 16.2. The topological polar surface area (TPSA) is 87.3 Å². The highest BCUT2D eigenvalue weighted by Gasteiger charge is 2.32. The minimum atomic E-state index is 0.0883. The number of phenolic OH excluding ortho intramolecular Hbond substituents is 1. The number of anilines is 1. The number of pyridine rings is 2. The number of aromatic nitrogens is 3. The molecule has 2 unspecified atom stereocenters. The lowest BCUT2D eigenvalue weighted by molar-refractivity contribution is 0.334. The fourth-order valence-corrected chi connectivity index (χ4v) is 4.51. The van der Waals surface area contributed by atoms with Gasteiger partial charge in [0.2, 0.25) is 0 Å². The number of oxazole rings is 1. The van der Waals surface area contributed by atoms with E-state index < -0.39 is 0 Å². The molecule has 1 saturated heterocycles. The number of aromatic hydroxyl groups is 1. The lowest BCUT2D eigenvalue weighted by Gasteiger charge is -2.28. The van der Waals surface area contributed by atoms with Crippen LogP contribution in [-0.4, -0.2) is 44.7 Å². The van der Waals surface area contributed by atoms with Crippen molar-refractivity contribution in [3.05, 3.63) is 42.3 Å². The van der Waals surface area contributed by atoms with Crippen LogP contribution >= 0.6 is 0 Å². The van der Waals surface area contributed by atoms with Crippen LogP contribution < -0.4 is 10.2 Å². The molecule has 2 N–H and O–H groups in total. The molecule has 0 aliphatic carbocycles. The Kier molecular flexibility index (Phi) is 4.82. The van der Waals surface area contributed by atoms with Crippen LogP contribution in [0.5, 0.6) is 5.75 Å². The van der Waals surface area contributed by atoms with Gasteiger partial charge in [0.25, 0.3) is 0 Å². The molecule has 32 heavy (non-hydrogen) atoms. The summed E-state index contributed by atoms with van der Waals surface area (Å²) < 4.78 is 5.62. The van der Waals surface area contributed by atoms with Crippen LogP contribution in [-0.2, 0) is 0 Å². The quantitative estimate of drug-likeness (QED) is 0.488. The predicted octanol–water partition coefficient (Wildman–Crippen LogP) is 4.66. The van der Waals surface area contributed by atoms with Crippen molar-refractivity contribution in [1.29, 1.82) is 0 Å². The third-order valence-electron chi connectivity index (χ3n) is 5.97. The van der Waals surface area contributed by atoms with Crippen LogP contribution in [0, 0.1) is 12.8 Å². The summed E-state index contributed by atoms with van der Waals surface area (Å²) in [6.07, 6.45) is 0. The Morgan fingerprint density at radius 1 is 1.00 bits per heavy atom. The van der Waals surface area contributed by atoms with Gasteiger partial charge in [-0.25, -0.2) is 15.0 Å². The molecule has 1 fully saturated rings. The minimum absolute atomic E-state index is 0.0883. The largest absolute Gasteiger partial charge is 0.507 e. The zero-order chi connectivity index (χ0) is 22.6. The molecule has 5 rings (SSSR count). The first-order chi connectivity index (χ1) is 15.2. The highest BCUT2D eigenvalue weighted by molar-refractivity contribution is 5.86. The molecule has 3 aromatic heterocycles. The molecular formula is C25H29N5O2. The highest BCUT2D eigenvalue weighted by atomic mass is 16.3. The Bertz CT molecular complexity index is 1310. The van der Waals surface area contributed by atoms with Gasteiger partial charge in [-0.1, -0.05) is 6.92 Å². The van der Waals surface area contributed by atoms with Crippen LogP contribution in [0.2, 0.25) is 0 Å². The van der Waals surface area contributed by atoms with Crippen molar-refractivity contribution in [3.8, 4) is 17.0 Å². The third kappa shape index (κ3) is 3.88. The normalized spacial score (nSPS) is 19.3. The van der Waals surface area contributed by atoms with Crippen molar-refractivity contribution in [2.75, 3.05) is 18.0 Å². The molecule has 0 saturated carbocycles. The molecular weight excluding hydrogens is 402 g/mol. The lowest BCUT2D eigenvalue weighted by atomic mass is 10.0. The van der Waals surface area contributed by atoms with Gasteiger partial charge in [0.15, 0.2) is 11.5 Å². The van der Waals surface area contributed by atoms with E-state index in [2.05, 4.69) is 42.9 Å². The van der Waals surface area contributed by atoms with Crippen molar-refractivity contribution in [3.63, 3.8) is 0 Å². The van der Waals surface area contributed by atoms with Crippen molar-refractivity contribution >= 4 is 28.0 Å². The number of hydrogen-bond donors (Lipinski definition) is 2. The van der Waals surface area contributed by atoms with Gasteiger partial charge in [0, 0.05) is 43.2 Å². The maximum atomic E-state index is 10.5. The van der Waals surface area contributed by atoms with Crippen LogP contribution in [0.1, 0.15) is 33.6 Å². The second kappa shape index (κ2) is 7.45. The van der Waals surface area contributed by atoms with E-state index in [9.17, 15) is 5.11 Å². The molecule has 7 heteroatoms. The fraction of sp³-hybridized carbons (Fsp3) is 0.400. The molecule has 1 aliphatic rings. The van der Waals surface area contributed by atoms with E-state index in [1.807, 2.05) is 24.3 Å². The zero-order valence-corrected chi connectivity index (χ0v) is 19.2. The molecule has 1 aliphatic heterocycles. The molecule has 2 atom stereocenters. The van der Waals surface area contributed by atoms with Crippen molar-refractivity contribution < 1.29 is 9.52 Å². The summed E-state index contributed by atoms with van der Waals surface area (Å²) >= 11 is 0. The summed E-state index contributed by atoms with van der Waals surface area (Å²) in [5.41, 5.74) is 4.26. The first-order valence-corrected chi connectivity index (χ1v) is 11.1. The van der Waals surface area contributed by atoms with Gasteiger partial charge < -0.3 is 19.7 Å². The Balaban J connectivity index is 1.44. The molecule has 7 nitrogen and oxygen atoms in total. The second-order valence-electron chi connectivity index (χ2n) is 9.86. The Morgan fingerprint density at radius 2 is 1.75 bits per heavy atom. The fourth-order valence-electron chi connectivity index (χ4n) is 4.51. The second-order valence-corrected chi connectivity index (χ2v) is 9.86. The van der Waals surface area contributed by atoms with E-state index in [4.69, 9.17) is 14.4 Å². The molecule has 0 bridgehead atoms. The Hall–Kier alpha value is -3.19. The SMILES string of the molecule is Cc1nc2cc(O)c(-c3ccc4nc(N5CC(C)C(NC(C)(C)C)C5)ccc4n3)cc2o1. The van der Waals surface area contributed by atoms with E-state index in [1.165, 1.54) is 0 Å². The Morgan fingerprint density at radius 3 is 2.53 bits per heavy atom. The summed E-state index contributed by atoms with van der Waals surface area (Å²) in [6.45, 7) is 12.6. The van der Waals surface area contributed by atoms with E-state index in [0.29, 0.717) is 40.2 Å². The van der Waals surface area contributed by atoms with Gasteiger partial charge in [-0.15, -0.1) is 0 Å². The highest BCUT2D eigenvalue weighted by Crippen LogP contribution is 2.34. The Labute approximate surface area is 187 Å². The first kappa shape index (κ1) is 20.7. The van der Waals surface area contributed by atoms with Crippen LogP contribution in [0.15, 0.2) is 40.8 Å². The lowest BCUT2D eigenvalue weighted by Crippen LogP contribution is -2.47. The van der Waals surface area contributed by atoms with Crippen LogP contribution in [0.4, 0.5) is 5.82 Å². The van der Waals surface area contributed by atoms with Gasteiger partial charge in [0.05, 0.1) is 16.7 Å². The minimum Gasteiger partial charge on any atom is -0.507 e. The van der Waals surface area contributed by atoms with Gasteiger partial charge in [-0.2, -0.15) is 0 Å². The first-order valence-electron chi connectivity index (χ1n) is 11.1. The van der Waals surface area contributed by atoms with Crippen molar-refractivity contribution in [1.82, 2.24) is 20.3 Å². The van der Waals surface area contributed by atoms with Crippen LogP contribution in [0.3, 0.4) is 0 Å². The van der Waals surface area contributed by atoms with Crippen molar-refractivity contribution in [2.45, 2.75) is 46.2 Å². The average molecular weight is 432 g/mol. The molecule has 1 aromatic carbocycles. The predicted molar refractivity (Wildman–Crippen MR) is 127 cm³/mol. The maximum Gasteiger partial charge on any atom is 0.192 e. The number of phenols is 1. The van der Waals surface area contributed by atoms with Gasteiger partial charge in [-0.05, 0) is 57.0 Å². The number of nitrogens with zero attached hydrogens (tertiary/aromatic N) is 4. The number of benzene rings is 1. The van der Waals surface area contributed by atoms with E-state index >= 15 is 0 Å². The standard InChI is InChI=1S/C25H29N5O2/c1-14-12-30(13-21(14)29-25(3,4)5)24-9-8-18-19(28-24)7-6-17(27-18)16-10-23-20(11-22(16)31)26-15(2)32-23/h6-11,14,21,29,31H,12-13H2,1-5H3. The number of aryl methyl sites for hydroxylation is 1. The molecule has 0 spiro atoms. The zero-order valence-electron chi connectivity index (χ0n) is 19.2. The van der Waals surface area contributed by atoms with Crippen LogP contribution in [0.25, 0.3) is 33.4 Å². The molecule has 4 aromatic rings. The molecule has 166 valence electrons. The molecule has 0 radical (unpaired) electrons. The van der Waals surface area contributed by atoms with E-state index in [1.54, 1.807) is 19.1 Å². The van der Waals surface area contributed by atoms with Crippen molar-refractivity contribution in [2.24, 2.45) is 5.92 Å². The van der Waals surface area contributed by atoms with E-state index in [-0.39, 0.29) is 11.3 Å². The van der Waals surface area contributed by atoms with Gasteiger partial charge in [0.1, 0.15) is 17.1 Å². The summed E-state index contributed by atoms with van der Waals surface area (Å²) in [5.74, 6) is 2.21. The number of nitrogens with one attached hydrogen (secondary N) is 1. The van der Waals surface area contributed by atoms with Gasteiger partial charge in [-0.3, -0.25) is 0 Å². The maximum absolute atomic E-state index is 10.5. The number of fused-ring (bicyclic) bond motifs is 2. The number of hydrogen-bond acceptors (Lipinski definition) is 7. The van der Waals surface area contributed by atoms with Gasteiger partial charge >= 0.3 is 0 Å². The average Bonchev–Trinajstić information content (AvgIpc) is 3.26. The smallest absolute Gasteiger partial charge is 0.192 e. The number of rotatable bonds is 3.